The van der Waals surface area contributed by atoms with Crippen LogP contribution in [0, 0.1) is 5.92 Å². The minimum Gasteiger partial charge on any atom is -0.394 e. The quantitative estimate of drug-likeness (QED) is 0.463. The van der Waals surface area contributed by atoms with Gasteiger partial charge in [0.2, 0.25) is 5.95 Å². The molecule has 3 aromatic rings. The van der Waals surface area contributed by atoms with Gasteiger partial charge in [0.05, 0.1) is 36.5 Å². The number of nitrogens with zero attached hydrogens (tertiary/aromatic N) is 7. The molecule has 1 aliphatic rings. The minimum absolute atomic E-state index is 0.0679. The van der Waals surface area contributed by atoms with Crippen LogP contribution in [0.4, 0.5) is 11.8 Å². The highest BCUT2D eigenvalue weighted by molar-refractivity contribution is 5.87. The fourth-order valence-electron chi connectivity index (χ4n) is 4.08. The molecular weight excluding hydrogens is 406 g/mol. The molecular formula is C22H35N9O. The molecule has 3 N–H and O–H groups in total. The van der Waals surface area contributed by atoms with Crippen molar-refractivity contribution < 1.29 is 5.11 Å². The fourth-order valence-corrected chi connectivity index (χ4v) is 4.08. The standard InChI is InChI=1S/C22H35N9O/c1-16-5-7-29(14-16)8-6-23-21-27-19(24-11-17-12-25-30(15-17)9-10-32)18-13-26-31(20(18)28-21)22(2,3)4/h12-13,15-16,32H,5-11,14H2,1-4H3,(H2,23,24,27,28). The van der Waals surface area contributed by atoms with Gasteiger partial charge in [0.1, 0.15) is 5.82 Å². The van der Waals surface area contributed by atoms with Crippen molar-refractivity contribution in [1.82, 2.24) is 34.4 Å². The summed E-state index contributed by atoms with van der Waals surface area (Å²) in [5.41, 5.74) is 1.64. The summed E-state index contributed by atoms with van der Waals surface area (Å²) >= 11 is 0. The number of likely N-dealkylation sites (tertiary alicyclic amines) is 1. The number of fused-ring (bicyclic) bond motifs is 1. The van der Waals surface area contributed by atoms with Crippen LogP contribution >= 0.6 is 0 Å². The predicted octanol–water partition coefficient (Wildman–Crippen LogP) is 2.14. The third kappa shape index (κ3) is 5.18. The van der Waals surface area contributed by atoms with Crippen molar-refractivity contribution in [2.75, 3.05) is 43.4 Å². The molecule has 0 spiro atoms. The van der Waals surface area contributed by atoms with Crippen LogP contribution in [0.15, 0.2) is 18.6 Å². The van der Waals surface area contributed by atoms with E-state index in [-0.39, 0.29) is 12.1 Å². The summed E-state index contributed by atoms with van der Waals surface area (Å²) in [7, 11) is 0. The molecule has 0 amide bonds. The molecule has 1 aliphatic heterocycles. The van der Waals surface area contributed by atoms with Gasteiger partial charge in [0.15, 0.2) is 5.65 Å². The largest absolute Gasteiger partial charge is 0.394 e. The Balaban J connectivity index is 1.53. The second-order valence-corrected chi connectivity index (χ2v) is 9.67. The van der Waals surface area contributed by atoms with E-state index < -0.39 is 0 Å². The van der Waals surface area contributed by atoms with E-state index >= 15 is 0 Å². The summed E-state index contributed by atoms with van der Waals surface area (Å²) in [6.45, 7) is 13.9. The molecule has 3 aromatic heterocycles. The molecule has 32 heavy (non-hydrogen) atoms. The smallest absolute Gasteiger partial charge is 0.226 e. The summed E-state index contributed by atoms with van der Waals surface area (Å²) < 4.78 is 3.68. The normalized spacial score (nSPS) is 17.3. The van der Waals surface area contributed by atoms with Crippen LogP contribution in [0.2, 0.25) is 0 Å². The second kappa shape index (κ2) is 9.41. The Bertz CT molecular complexity index is 1040. The Morgan fingerprint density at radius 3 is 2.69 bits per heavy atom. The Hall–Kier alpha value is -2.72. The fraction of sp³-hybridized carbons (Fsp3) is 0.636. The Kier molecular flexibility index (Phi) is 6.61. The average Bonchev–Trinajstić information content (AvgIpc) is 3.46. The topological polar surface area (TPSA) is 109 Å². The molecule has 1 fully saturated rings. The van der Waals surface area contributed by atoms with Gasteiger partial charge in [-0.2, -0.15) is 20.2 Å². The van der Waals surface area contributed by atoms with Crippen LogP contribution in [0.3, 0.4) is 0 Å². The summed E-state index contributed by atoms with van der Waals surface area (Å²) in [5, 5.41) is 25.7. The highest BCUT2D eigenvalue weighted by atomic mass is 16.3. The predicted molar refractivity (Wildman–Crippen MR) is 126 cm³/mol. The number of hydrogen-bond acceptors (Lipinski definition) is 8. The lowest BCUT2D eigenvalue weighted by Gasteiger charge is -2.20. The van der Waals surface area contributed by atoms with Gasteiger partial charge in [0, 0.05) is 37.9 Å². The first-order valence-corrected chi connectivity index (χ1v) is 11.4. The third-order valence-electron chi connectivity index (χ3n) is 5.76. The molecule has 4 heterocycles. The summed E-state index contributed by atoms with van der Waals surface area (Å²) in [5.74, 6) is 2.13. The SMILES string of the molecule is CC1CCN(CCNc2nc(NCc3cnn(CCO)c3)c3cnn(C(C)(C)C)c3n2)C1. The van der Waals surface area contributed by atoms with E-state index in [1.165, 1.54) is 6.42 Å². The summed E-state index contributed by atoms with van der Waals surface area (Å²) in [4.78, 5) is 12.0. The van der Waals surface area contributed by atoms with Crippen molar-refractivity contribution in [2.24, 2.45) is 5.92 Å². The maximum atomic E-state index is 9.09. The molecule has 10 heteroatoms. The van der Waals surface area contributed by atoms with E-state index in [4.69, 9.17) is 15.1 Å². The molecule has 4 rings (SSSR count). The lowest BCUT2D eigenvalue weighted by atomic mass is 10.1. The zero-order valence-electron chi connectivity index (χ0n) is 19.5. The van der Waals surface area contributed by atoms with Crippen LogP contribution in [-0.2, 0) is 18.6 Å². The van der Waals surface area contributed by atoms with Gasteiger partial charge in [-0.05, 0) is 39.7 Å². The molecule has 1 unspecified atom stereocenters. The van der Waals surface area contributed by atoms with Crippen LogP contribution < -0.4 is 10.6 Å². The molecule has 0 saturated carbocycles. The van der Waals surface area contributed by atoms with Crippen LogP contribution in [0.25, 0.3) is 11.0 Å². The Morgan fingerprint density at radius 1 is 1.12 bits per heavy atom. The van der Waals surface area contributed by atoms with E-state index in [0.29, 0.717) is 19.0 Å². The van der Waals surface area contributed by atoms with Crippen molar-refractivity contribution in [3.05, 3.63) is 24.2 Å². The first-order valence-electron chi connectivity index (χ1n) is 11.4. The first-order chi connectivity index (χ1) is 15.3. The van der Waals surface area contributed by atoms with Crippen LogP contribution in [0.1, 0.15) is 39.7 Å². The van der Waals surface area contributed by atoms with E-state index in [1.807, 2.05) is 17.1 Å². The molecule has 10 nitrogen and oxygen atoms in total. The van der Waals surface area contributed by atoms with Gasteiger partial charge in [-0.25, -0.2) is 4.68 Å². The maximum Gasteiger partial charge on any atom is 0.226 e. The van der Waals surface area contributed by atoms with Crippen LogP contribution in [-0.4, -0.2) is 72.3 Å². The Labute approximate surface area is 189 Å². The van der Waals surface area contributed by atoms with Crippen molar-refractivity contribution in [3.63, 3.8) is 0 Å². The molecule has 0 aliphatic carbocycles. The number of aliphatic hydroxyl groups excluding tert-OH is 1. The van der Waals surface area contributed by atoms with Gasteiger partial charge in [-0.15, -0.1) is 0 Å². The van der Waals surface area contributed by atoms with Gasteiger partial charge in [-0.1, -0.05) is 6.92 Å². The number of rotatable bonds is 9. The number of aliphatic hydroxyl groups is 1. The molecule has 1 saturated heterocycles. The van der Waals surface area contributed by atoms with Gasteiger partial charge in [0.25, 0.3) is 0 Å². The summed E-state index contributed by atoms with van der Waals surface area (Å²) in [6.07, 6.45) is 6.83. The highest BCUT2D eigenvalue weighted by Gasteiger charge is 2.22. The number of anilines is 2. The van der Waals surface area contributed by atoms with Crippen LogP contribution in [0.5, 0.6) is 0 Å². The highest BCUT2D eigenvalue weighted by Crippen LogP contribution is 2.26. The molecule has 0 radical (unpaired) electrons. The molecule has 1 atom stereocenters. The van der Waals surface area contributed by atoms with E-state index in [1.54, 1.807) is 10.9 Å². The number of aromatic nitrogens is 6. The Morgan fingerprint density at radius 2 is 1.97 bits per heavy atom. The molecule has 0 bridgehead atoms. The van der Waals surface area contributed by atoms with Crippen molar-refractivity contribution in [3.8, 4) is 0 Å². The van der Waals surface area contributed by atoms with Gasteiger partial charge < -0.3 is 20.6 Å². The third-order valence-corrected chi connectivity index (χ3v) is 5.76. The summed E-state index contributed by atoms with van der Waals surface area (Å²) in [6, 6.07) is 0. The minimum atomic E-state index is -0.193. The van der Waals surface area contributed by atoms with E-state index in [9.17, 15) is 0 Å². The average molecular weight is 442 g/mol. The molecule has 174 valence electrons. The number of hydrogen-bond donors (Lipinski definition) is 3. The van der Waals surface area contributed by atoms with E-state index in [0.717, 1.165) is 54.5 Å². The molecule has 0 aromatic carbocycles. The lowest BCUT2D eigenvalue weighted by Crippen LogP contribution is -2.27. The van der Waals surface area contributed by atoms with E-state index in [2.05, 4.69) is 53.4 Å². The monoisotopic (exact) mass is 441 g/mol. The van der Waals surface area contributed by atoms with Crippen molar-refractivity contribution in [2.45, 2.75) is 52.7 Å². The van der Waals surface area contributed by atoms with Gasteiger partial charge >= 0.3 is 0 Å². The second-order valence-electron chi connectivity index (χ2n) is 9.67. The van der Waals surface area contributed by atoms with Gasteiger partial charge in [-0.3, -0.25) is 4.68 Å². The zero-order valence-corrected chi connectivity index (χ0v) is 19.5. The zero-order chi connectivity index (χ0) is 22.7. The van der Waals surface area contributed by atoms with Crippen molar-refractivity contribution >= 4 is 22.8 Å². The van der Waals surface area contributed by atoms with Crippen molar-refractivity contribution in [1.29, 1.82) is 0 Å². The lowest BCUT2D eigenvalue weighted by molar-refractivity contribution is 0.269. The first kappa shape index (κ1) is 22.5. The number of nitrogens with one attached hydrogen (secondary N) is 2. The maximum absolute atomic E-state index is 9.09.